The molecule has 1 atom stereocenters. The molecule has 1 aliphatic heterocycles. The number of nitrogens with zero attached hydrogens (tertiary/aromatic N) is 5. The van der Waals surface area contributed by atoms with E-state index in [1.165, 1.54) is 0 Å². The van der Waals surface area contributed by atoms with Gasteiger partial charge in [0.25, 0.3) is 0 Å². The maximum atomic E-state index is 5.96. The van der Waals surface area contributed by atoms with E-state index in [9.17, 15) is 0 Å². The molecular formula is C20H20N6OS. The third kappa shape index (κ3) is 3.14. The number of hydrogen-bond donors (Lipinski definition) is 1. The van der Waals surface area contributed by atoms with Crippen molar-refractivity contribution in [1.82, 2.24) is 25.1 Å². The number of aryl methyl sites for hydroxylation is 1. The predicted molar refractivity (Wildman–Crippen MR) is 110 cm³/mol. The van der Waals surface area contributed by atoms with Gasteiger partial charge in [0.15, 0.2) is 11.6 Å². The zero-order chi connectivity index (χ0) is 18.9. The van der Waals surface area contributed by atoms with Gasteiger partial charge in [0.1, 0.15) is 17.7 Å². The Labute approximate surface area is 166 Å². The number of ether oxygens (including phenoxy) is 1. The molecule has 0 radical (unpaired) electrons. The normalized spacial score (nSPS) is 17.3. The van der Waals surface area contributed by atoms with Gasteiger partial charge in [-0.15, -0.1) is 11.3 Å². The summed E-state index contributed by atoms with van der Waals surface area (Å²) in [5, 5.41) is 10.4. The average molecular weight is 392 g/mol. The van der Waals surface area contributed by atoms with Crippen molar-refractivity contribution in [2.24, 2.45) is 0 Å². The average Bonchev–Trinajstić information content (AvgIpc) is 3.45. The Balaban J connectivity index is 1.54. The van der Waals surface area contributed by atoms with E-state index in [0.717, 1.165) is 46.2 Å². The van der Waals surface area contributed by atoms with Crippen molar-refractivity contribution in [3.05, 3.63) is 53.4 Å². The Bertz CT molecular complexity index is 1090. The molecule has 0 bridgehead atoms. The molecule has 1 fully saturated rings. The molecule has 4 aromatic rings. The lowest BCUT2D eigenvalue weighted by molar-refractivity contribution is 0.0340. The number of para-hydroxylation sites is 1. The summed E-state index contributed by atoms with van der Waals surface area (Å²) in [4.78, 5) is 17.6. The fraction of sp³-hybridized carbons (Fsp3) is 0.300. The second-order valence-electron chi connectivity index (χ2n) is 6.66. The van der Waals surface area contributed by atoms with Gasteiger partial charge in [-0.3, -0.25) is 5.10 Å². The van der Waals surface area contributed by atoms with Crippen molar-refractivity contribution >= 4 is 28.1 Å². The van der Waals surface area contributed by atoms with Gasteiger partial charge in [0.2, 0.25) is 0 Å². The number of benzene rings is 1. The fourth-order valence-electron chi connectivity index (χ4n) is 3.43. The van der Waals surface area contributed by atoms with Crippen LogP contribution in [0, 0.1) is 0 Å². The van der Waals surface area contributed by atoms with Crippen molar-refractivity contribution in [2.45, 2.75) is 19.4 Å². The number of rotatable bonds is 4. The van der Waals surface area contributed by atoms with Crippen LogP contribution >= 0.6 is 11.3 Å². The van der Waals surface area contributed by atoms with Crippen LogP contribution < -0.4 is 4.90 Å². The Morgan fingerprint density at radius 1 is 1.18 bits per heavy atom. The lowest BCUT2D eigenvalue weighted by Gasteiger charge is -2.33. The minimum atomic E-state index is -0.177. The van der Waals surface area contributed by atoms with Gasteiger partial charge < -0.3 is 9.64 Å². The van der Waals surface area contributed by atoms with E-state index in [1.807, 2.05) is 29.6 Å². The van der Waals surface area contributed by atoms with Crippen LogP contribution in [-0.4, -0.2) is 44.8 Å². The number of anilines is 1. The van der Waals surface area contributed by atoms with E-state index in [1.54, 1.807) is 11.3 Å². The van der Waals surface area contributed by atoms with E-state index in [4.69, 9.17) is 14.7 Å². The lowest BCUT2D eigenvalue weighted by atomic mass is 10.2. The predicted octanol–water partition coefficient (Wildman–Crippen LogP) is 3.62. The molecule has 28 heavy (non-hydrogen) atoms. The smallest absolute Gasteiger partial charge is 0.181 e. The largest absolute Gasteiger partial charge is 0.366 e. The standard InChI is InChI=1S/C20H20N6OS/c1-2-17-22-18(25-24-17)15-12-26(9-10-27-15)20-13-6-3-4-7-14(13)21-19(23-20)16-8-5-11-28-16/h3-8,11,15H,2,9-10,12H2,1H3,(H,22,24,25). The third-order valence-electron chi connectivity index (χ3n) is 4.86. The number of nitrogens with one attached hydrogen (secondary N) is 1. The summed E-state index contributed by atoms with van der Waals surface area (Å²) in [7, 11) is 0. The van der Waals surface area contributed by atoms with Crippen LogP contribution in [0.25, 0.3) is 21.6 Å². The zero-order valence-corrected chi connectivity index (χ0v) is 16.3. The number of aromatic nitrogens is 5. The van der Waals surface area contributed by atoms with Crippen LogP contribution in [0.2, 0.25) is 0 Å². The van der Waals surface area contributed by atoms with Crippen molar-refractivity contribution in [2.75, 3.05) is 24.6 Å². The van der Waals surface area contributed by atoms with Crippen molar-refractivity contribution < 1.29 is 4.74 Å². The molecule has 7 nitrogen and oxygen atoms in total. The second-order valence-corrected chi connectivity index (χ2v) is 7.61. The molecule has 1 N–H and O–H groups in total. The molecule has 1 aliphatic rings. The van der Waals surface area contributed by atoms with Gasteiger partial charge >= 0.3 is 0 Å². The molecule has 142 valence electrons. The number of aromatic amines is 1. The molecular weight excluding hydrogens is 372 g/mol. The first-order chi connectivity index (χ1) is 13.8. The Morgan fingerprint density at radius 2 is 2.11 bits per heavy atom. The molecule has 5 rings (SSSR count). The molecule has 4 heterocycles. The highest BCUT2D eigenvalue weighted by atomic mass is 32.1. The molecule has 0 aliphatic carbocycles. The maximum absolute atomic E-state index is 5.96. The Kier molecular flexibility index (Phi) is 4.50. The molecule has 1 saturated heterocycles. The highest BCUT2D eigenvalue weighted by molar-refractivity contribution is 7.13. The van der Waals surface area contributed by atoms with Crippen molar-refractivity contribution in [3.63, 3.8) is 0 Å². The third-order valence-corrected chi connectivity index (χ3v) is 5.73. The van der Waals surface area contributed by atoms with E-state index >= 15 is 0 Å². The molecule has 0 amide bonds. The molecule has 0 spiro atoms. The molecule has 1 aromatic carbocycles. The van der Waals surface area contributed by atoms with E-state index in [-0.39, 0.29) is 6.10 Å². The molecule has 3 aromatic heterocycles. The summed E-state index contributed by atoms with van der Waals surface area (Å²) >= 11 is 1.65. The van der Waals surface area contributed by atoms with Crippen LogP contribution in [-0.2, 0) is 11.2 Å². The summed E-state index contributed by atoms with van der Waals surface area (Å²) in [6, 6.07) is 12.2. The van der Waals surface area contributed by atoms with E-state index in [2.05, 4.69) is 39.1 Å². The van der Waals surface area contributed by atoms with Gasteiger partial charge in [0.05, 0.1) is 23.5 Å². The summed E-state index contributed by atoms with van der Waals surface area (Å²) in [5.41, 5.74) is 0.949. The van der Waals surface area contributed by atoms with Crippen molar-refractivity contribution in [3.8, 4) is 10.7 Å². The van der Waals surface area contributed by atoms with Crippen LogP contribution in [0.5, 0.6) is 0 Å². The molecule has 0 saturated carbocycles. The van der Waals surface area contributed by atoms with Crippen LogP contribution in [0.3, 0.4) is 0 Å². The summed E-state index contributed by atoms with van der Waals surface area (Å²) in [6.07, 6.45) is 0.647. The van der Waals surface area contributed by atoms with Gasteiger partial charge in [0, 0.05) is 18.4 Å². The van der Waals surface area contributed by atoms with Crippen LogP contribution in [0.4, 0.5) is 5.82 Å². The van der Waals surface area contributed by atoms with E-state index in [0.29, 0.717) is 19.0 Å². The SMILES string of the molecule is CCc1nc(C2CN(c3nc(-c4cccs4)nc4ccccc34)CCO2)n[nH]1. The fourth-order valence-corrected chi connectivity index (χ4v) is 4.08. The van der Waals surface area contributed by atoms with Gasteiger partial charge in [-0.2, -0.15) is 5.10 Å². The van der Waals surface area contributed by atoms with Gasteiger partial charge in [-0.25, -0.2) is 15.0 Å². The Hall–Kier alpha value is -2.84. The first-order valence-corrected chi connectivity index (χ1v) is 10.3. The zero-order valence-electron chi connectivity index (χ0n) is 15.5. The van der Waals surface area contributed by atoms with Gasteiger partial charge in [-0.05, 0) is 23.6 Å². The minimum Gasteiger partial charge on any atom is -0.366 e. The number of fused-ring (bicyclic) bond motifs is 1. The second kappa shape index (κ2) is 7.29. The maximum Gasteiger partial charge on any atom is 0.181 e. The quantitative estimate of drug-likeness (QED) is 0.571. The number of thiophene rings is 1. The van der Waals surface area contributed by atoms with Gasteiger partial charge in [-0.1, -0.05) is 25.1 Å². The first kappa shape index (κ1) is 17.3. The highest BCUT2D eigenvalue weighted by Gasteiger charge is 2.27. The molecule has 1 unspecified atom stereocenters. The van der Waals surface area contributed by atoms with Crippen LogP contribution in [0.15, 0.2) is 41.8 Å². The summed E-state index contributed by atoms with van der Waals surface area (Å²) in [5.74, 6) is 3.29. The molecule has 8 heteroatoms. The topological polar surface area (TPSA) is 79.8 Å². The van der Waals surface area contributed by atoms with Crippen LogP contribution in [0.1, 0.15) is 24.7 Å². The first-order valence-electron chi connectivity index (χ1n) is 9.40. The minimum absolute atomic E-state index is 0.177. The highest BCUT2D eigenvalue weighted by Crippen LogP contribution is 2.32. The van der Waals surface area contributed by atoms with Crippen molar-refractivity contribution in [1.29, 1.82) is 0 Å². The summed E-state index contributed by atoms with van der Waals surface area (Å²) < 4.78 is 5.96. The summed E-state index contributed by atoms with van der Waals surface area (Å²) in [6.45, 7) is 4.09. The number of hydrogen-bond acceptors (Lipinski definition) is 7. The number of morpholine rings is 1. The lowest BCUT2D eigenvalue weighted by Crippen LogP contribution is -2.39. The van der Waals surface area contributed by atoms with E-state index < -0.39 is 0 Å². The Morgan fingerprint density at radius 3 is 2.93 bits per heavy atom. The monoisotopic (exact) mass is 392 g/mol. The number of H-pyrrole nitrogens is 1.